The van der Waals surface area contributed by atoms with Crippen LogP contribution in [-0.2, 0) is 0 Å². The Balaban J connectivity index is 2.43. The smallest absolute Gasteiger partial charge is 0.118 e. The van der Waals surface area contributed by atoms with Crippen molar-refractivity contribution >= 4 is 11.8 Å². The molecule has 1 atom stereocenters. The first-order chi connectivity index (χ1) is 7.95. The minimum atomic E-state index is -0.764. The van der Waals surface area contributed by atoms with Crippen LogP contribution in [0, 0.1) is 0 Å². The van der Waals surface area contributed by atoms with E-state index in [9.17, 15) is 5.11 Å². The van der Waals surface area contributed by atoms with Crippen molar-refractivity contribution in [2.75, 3.05) is 12.9 Å². The second-order valence-electron chi connectivity index (χ2n) is 4.33. The van der Waals surface area contributed by atoms with Gasteiger partial charge in [-0.05, 0) is 50.1 Å². The molecule has 1 aromatic carbocycles. The molecule has 17 heavy (non-hydrogen) atoms. The van der Waals surface area contributed by atoms with Crippen LogP contribution in [0.3, 0.4) is 0 Å². The molecule has 0 saturated carbocycles. The Morgan fingerprint density at radius 2 is 2.00 bits per heavy atom. The number of thioether (sulfide) groups is 1. The SMILES string of the molecule is C=C(C)[C@](C)(O)CCSc1ccc(OC)cc1. The van der Waals surface area contributed by atoms with Crippen molar-refractivity contribution in [3.63, 3.8) is 0 Å². The van der Waals surface area contributed by atoms with Crippen molar-refractivity contribution < 1.29 is 9.84 Å². The monoisotopic (exact) mass is 252 g/mol. The van der Waals surface area contributed by atoms with Crippen LogP contribution in [0.4, 0.5) is 0 Å². The van der Waals surface area contributed by atoms with Crippen LogP contribution in [0.25, 0.3) is 0 Å². The molecule has 0 spiro atoms. The predicted octanol–water partition coefficient (Wildman–Crippen LogP) is 3.50. The Morgan fingerprint density at radius 1 is 1.41 bits per heavy atom. The molecule has 0 saturated heterocycles. The third-order valence-electron chi connectivity index (χ3n) is 2.84. The molecule has 0 radical (unpaired) electrons. The fraction of sp³-hybridized carbons (Fsp3) is 0.429. The Morgan fingerprint density at radius 3 is 2.47 bits per heavy atom. The van der Waals surface area contributed by atoms with Crippen LogP contribution >= 0.6 is 11.8 Å². The maximum atomic E-state index is 10.0. The zero-order valence-electron chi connectivity index (χ0n) is 10.7. The molecule has 0 heterocycles. The van der Waals surface area contributed by atoms with E-state index in [1.165, 1.54) is 4.90 Å². The predicted molar refractivity (Wildman–Crippen MR) is 73.8 cm³/mol. The Bertz CT molecular complexity index is 368. The second-order valence-corrected chi connectivity index (χ2v) is 5.50. The summed E-state index contributed by atoms with van der Waals surface area (Å²) in [5.41, 5.74) is 0.0484. The molecule has 0 fully saturated rings. The summed E-state index contributed by atoms with van der Waals surface area (Å²) in [7, 11) is 1.66. The first-order valence-corrected chi connectivity index (χ1v) is 6.59. The van der Waals surface area contributed by atoms with E-state index in [4.69, 9.17) is 4.74 Å². The Kier molecular flexibility index (Phi) is 5.09. The van der Waals surface area contributed by atoms with Crippen LogP contribution < -0.4 is 4.74 Å². The summed E-state index contributed by atoms with van der Waals surface area (Å²) < 4.78 is 5.10. The van der Waals surface area contributed by atoms with E-state index < -0.39 is 5.60 Å². The molecule has 0 amide bonds. The van der Waals surface area contributed by atoms with E-state index in [2.05, 4.69) is 6.58 Å². The molecule has 1 rings (SSSR count). The average Bonchev–Trinajstić information content (AvgIpc) is 2.29. The molecule has 0 aliphatic carbocycles. The summed E-state index contributed by atoms with van der Waals surface area (Å²) in [5, 5.41) is 10.0. The lowest BCUT2D eigenvalue weighted by Crippen LogP contribution is -2.25. The summed E-state index contributed by atoms with van der Waals surface area (Å²) in [4.78, 5) is 1.18. The van der Waals surface area contributed by atoms with Gasteiger partial charge in [0.25, 0.3) is 0 Å². The molecule has 0 aromatic heterocycles. The van der Waals surface area contributed by atoms with Crippen LogP contribution in [0.2, 0.25) is 0 Å². The molecule has 0 bridgehead atoms. The number of ether oxygens (including phenoxy) is 1. The van der Waals surface area contributed by atoms with Gasteiger partial charge < -0.3 is 9.84 Å². The molecule has 2 nitrogen and oxygen atoms in total. The first-order valence-electron chi connectivity index (χ1n) is 5.61. The van der Waals surface area contributed by atoms with Gasteiger partial charge >= 0.3 is 0 Å². The summed E-state index contributed by atoms with van der Waals surface area (Å²) in [6.07, 6.45) is 0.707. The van der Waals surface area contributed by atoms with E-state index in [0.29, 0.717) is 6.42 Å². The summed E-state index contributed by atoms with van der Waals surface area (Å²) in [6, 6.07) is 7.94. The van der Waals surface area contributed by atoms with E-state index in [0.717, 1.165) is 17.1 Å². The summed E-state index contributed by atoms with van der Waals surface area (Å²) in [6.45, 7) is 7.47. The van der Waals surface area contributed by atoms with Gasteiger partial charge in [0.15, 0.2) is 0 Å². The lowest BCUT2D eigenvalue weighted by atomic mass is 9.96. The van der Waals surface area contributed by atoms with Crippen molar-refractivity contribution in [1.82, 2.24) is 0 Å². The molecule has 0 aliphatic rings. The van der Waals surface area contributed by atoms with Crippen LogP contribution in [0.5, 0.6) is 5.75 Å². The lowest BCUT2D eigenvalue weighted by molar-refractivity contribution is 0.0964. The van der Waals surface area contributed by atoms with Gasteiger partial charge in [-0.1, -0.05) is 6.58 Å². The number of rotatable bonds is 6. The number of methoxy groups -OCH3 is 1. The van der Waals surface area contributed by atoms with Crippen molar-refractivity contribution in [3.8, 4) is 5.75 Å². The molecule has 0 unspecified atom stereocenters. The minimum Gasteiger partial charge on any atom is -0.497 e. The highest BCUT2D eigenvalue weighted by atomic mass is 32.2. The largest absolute Gasteiger partial charge is 0.497 e. The van der Waals surface area contributed by atoms with Gasteiger partial charge in [-0.25, -0.2) is 0 Å². The quantitative estimate of drug-likeness (QED) is 0.620. The molecule has 1 N–H and O–H groups in total. The topological polar surface area (TPSA) is 29.5 Å². The molecular formula is C14H20O2S. The average molecular weight is 252 g/mol. The van der Waals surface area contributed by atoms with Gasteiger partial charge in [0.05, 0.1) is 12.7 Å². The fourth-order valence-corrected chi connectivity index (χ4v) is 2.32. The van der Waals surface area contributed by atoms with Crippen LogP contribution in [0.15, 0.2) is 41.3 Å². The highest BCUT2D eigenvalue weighted by molar-refractivity contribution is 7.99. The summed E-state index contributed by atoms with van der Waals surface area (Å²) in [5.74, 6) is 1.73. The normalized spacial score (nSPS) is 14.1. The fourth-order valence-electron chi connectivity index (χ4n) is 1.25. The van der Waals surface area contributed by atoms with E-state index in [1.807, 2.05) is 38.1 Å². The third-order valence-corrected chi connectivity index (χ3v) is 3.85. The van der Waals surface area contributed by atoms with Crippen LogP contribution in [-0.4, -0.2) is 23.6 Å². The van der Waals surface area contributed by atoms with Gasteiger partial charge in [-0.15, -0.1) is 11.8 Å². The van der Waals surface area contributed by atoms with Gasteiger partial charge in [0.1, 0.15) is 5.75 Å². The summed E-state index contributed by atoms with van der Waals surface area (Å²) >= 11 is 1.73. The number of aliphatic hydroxyl groups is 1. The highest BCUT2D eigenvalue weighted by Crippen LogP contribution is 2.26. The Hall–Kier alpha value is -0.930. The van der Waals surface area contributed by atoms with E-state index in [-0.39, 0.29) is 0 Å². The molecule has 1 aromatic rings. The minimum absolute atomic E-state index is 0.707. The van der Waals surface area contributed by atoms with E-state index in [1.54, 1.807) is 18.9 Å². The third kappa shape index (κ3) is 4.44. The lowest BCUT2D eigenvalue weighted by Gasteiger charge is -2.23. The zero-order chi connectivity index (χ0) is 12.9. The zero-order valence-corrected chi connectivity index (χ0v) is 11.5. The van der Waals surface area contributed by atoms with Gasteiger partial charge in [0.2, 0.25) is 0 Å². The van der Waals surface area contributed by atoms with Crippen molar-refractivity contribution in [2.24, 2.45) is 0 Å². The maximum Gasteiger partial charge on any atom is 0.118 e. The second kappa shape index (κ2) is 6.12. The highest BCUT2D eigenvalue weighted by Gasteiger charge is 2.20. The van der Waals surface area contributed by atoms with Gasteiger partial charge in [0, 0.05) is 10.6 Å². The standard InChI is InChI=1S/C14H20O2S/c1-11(2)14(3,15)9-10-17-13-7-5-12(16-4)6-8-13/h5-8,15H,1,9-10H2,2-4H3/t14-/m1/s1. The van der Waals surface area contributed by atoms with Crippen molar-refractivity contribution in [1.29, 1.82) is 0 Å². The maximum absolute atomic E-state index is 10.0. The molecule has 0 aliphatic heterocycles. The van der Waals surface area contributed by atoms with Gasteiger partial charge in [-0.2, -0.15) is 0 Å². The number of hydrogen-bond donors (Lipinski definition) is 1. The number of hydrogen-bond acceptors (Lipinski definition) is 3. The van der Waals surface area contributed by atoms with Gasteiger partial charge in [-0.3, -0.25) is 0 Å². The molecule has 94 valence electrons. The van der Waals surface area contributed by atoms with Crippen LogP contribution in [0.1, 0.15) is 20.3 Å². The van der Waals surface area contributed by atoms with Crippen molar-refractivity contribution in [3.05, 3.63) is 36.4 Å². The first kappa shape index (κ1) is 14.1. The molecular weight excluding hydrogens is 232 g/mol. The van der Waals surface area contributed by atoms with E-state index >= 15 is 0 Å². The molecule has 3 heteroatoms. The Labute approximate surface area is 108 Å². The van der Waals surface area contributed by atoms with Crippen molar-refractivity contribution in [2.45, 2.75) is 30.8 Å². The number of benzene rings is 1.